The number of aromatic nitrogens is 1. The van der Waals surface area contributed by atoms with E-state index in [1.807, 2.05) is 19.1 Å². The van der Waals surface area contributed by atoms with Crippen LogP contribution in [0, 0.1) is 25.5 Å². The lowest BCUT2D eigenvalue weighted by atomic mass is 9.91. The van der Waals surface area contributed by atoms with Crippen LogP contribution in [0.5, 0.6) is 11.5 Å². The van der Waals surface area contributed by atoms with Crippen LogP contribution in [0.3, 0.4) is 0 Å². The zero-order valence-corrected chi connectivity index (χ0v) is 23.4. The number of aryl methyl sites for hydroxylation is 2. The highest BCUT2D eigenvalue weighted by Crippen LogP contribution is 2.38. The van der Waals surface area contributed by atoms with E-state index in [2.05, 4.69) is 5.32 Å². The lowest BCUT2D eigenvalue weighted by Crippen LogP contribution is -2.41. The number of ether oxygens (including phenoxy) is 2. The van der Waals surface area contributed by atoms with E-state index in [4.69, 9.17) is 9.47 Å². The molecule has 3 aromatic carbocycles. The molecule has 2 aliphatic rings. The second-order valence-electron chi connectivity index (χ2n) is 10.8. The molecule has 0 saturated heterocycles. The highest BCUT2D eigenvalue weighted by Gasteiger charge is 2.33. The highest BCUT2D eigenvalue weighted by atomic mass is 19.1. The van der Waals surface area contributed by atoms with Gasteiger partial charge in [0.05, 0.1) is 19.1 Å². The minimum atomic E-state index is -1.57. The van der Waals surface area contributed by atoms with Crippen LogP contribution in [-0.2, 0) is 22.6 Å². The molecule has 2 N–H and O–H groups in total. The summed E-state index contributed by atoms with van der Waals surface area (Å²) in [6.07, 6.45) is 1.24. The van der Waals surface area contributed by atoms with Crippen molar-refractivity contribution in [2.45, 2.75) is 45.4 Å². The topological polar surface area (TPSA) is 107 Å². The Morgan fingerprint density at radius 3 is 2.63 bits per heavy atom. The fraction of sp³-hybridized carbons (Fsp3) is 0.242. The van der Waals surface area contributed by atoms with Gasteiger partial charge in [-0.2, -0.15) is 0 Å². The van der Waals surface area contributed by atoms with Crippen molar-refractivity contribution < 1.29 is 33.0 Å². The Morgan fingerprint density at radius 2 is 1.84 bits per heavy atom. The molecule has 4 aromatic rings. The number of amides is 1. The molecule has 1 amide bonds. The summed E-state index contributed by atoms with van der Waals surface area (Å²) in [6, 6.07) is 11.5. The number of rotatable bonds is 3. The van der Waals surface area contributed by atoms with E-state index in [0.717, 1.165) is 10.1 Å². The van der Waals surface area contributed by atoms with E-state index < -0.39 is 47.6 Å². The van der Waals surface area contributed by atoms with Gasteiger partial charge < -0.3 is 19.9 Å². The van der Waals surface area contributed by atoms with Gasteiger partial charge in [0.1, 0.15) is 30.0 Å². The third-order valence-corrected chi connectivity index (χ3v) is 7.93. The SMILES string of the molecule is Cc1cc2cc(c1F)[C@H](CC(=O)O)NC(=O)[C@H](n1ccc3c(c1=O)OCC3)c1cc(ccc1F)COc1cccc(C)c1-2. The van der Waals surface area contributed by atoms with Crippen molar-refractivity contribution in [2.75, 3.05) is 6.61 Å². The number of pyridine rings is 1. The van der Waals surface area contributed by atoms with Gasteiger partial charge in [0.2, 0.25) is 5.91 Å². The summed E-state index contributed by atoms with van der Waals surface area (Å²) in [5, 5.41) is 12.4. The molecular weight excluding hydrogens is 558 g/mol. The number of nitrogens with zero attached hydrogens (tertiary/aromatic N) is 1. The Labute approximate surface area is 245 Å². The Hall–Kier alpha value is -4.99. The average molecular weight is 587 g/mol. The fourth-order valence-electron chi connectivity index (χ4n) is 5.85. The molecule has 2 aliphatic heterocycles. The van der Waals surface area contributed by atoms with Crippen molar-refractivity contribution in [1.82, 2.24) is 9.88 Å². The van der Waals surface area contributed by atoms with Crippen molar-refractivity contribution in [3.05, 3.63) is 116 Å². The van der Waals surface area contributed by atoms with Crippen LogP contribution in [0.25, 0.3) is 11.1 Å². The molecule has 3 heterocycles. The Balaban J connectivity index is 1.60. The maximum absolute atomic E-state index is 15.8. The number of carboxylic acid groups (broad SMARTS) is 1. The molecule has 0 saturated carbocycles. The van der Waals surface area contributed by atoms with Crippen molar-refractivity contribution >= 4 is 11.9 Å². The molecule has 0 unspecified atom stereocenters. The van der Waals surface area contributed by atoms with Gasteiger partial charge in [0.25, 0.3) is 5.56 Å². The van der Waals surface area contributed by atoms with Crippen LogP contribution in [0.4, 0.5) is 8.78 Å². The number of carboxylic acids is 1. The molecule has 4 bridgehead atoms. The minimum absolute atomic E-state index is 0.00887. The van der Waals surface area contributed by atoms with Crippen LogP contribution in [0.2, 0.25) is 0 Å². The van der Waals surface area contributed by atoms with Crippen LogP contribution in [0.15, 0.2) is 65.6 Å². The second kappa shape index (κ2) is 11.0. The number of hydrogen-bond acceptors (Lipinski definition) is 5. The predicted octanol–water partition coefficient (Wildman–Crippen LogP) is 5.16. The van der Waals surface area contributed by atoms with E-state index in [0.29, 0.717) is 41.0 Å². The fourth-order valence-corrected chi connectivity index (χ4v) is 5.85. The Morgan fingerprint density at radius 1 is 1.02 bits per heavy atom. The van der Waals surface area contributed by atoms with Gasteiger partial charge >= 0.3 is 5.97 Å². The average Bonchev–Trinajstić information content (AvgIpc) is 3.45. The summed E-state index contributed by atoms with van der Waals surface area (Å²) < 4.78 is 44.1. The molecule has 0 fully saturated rings. The van der Waals surface area contributed by atoms with Crippen molar-refractivity contribution in [3.63, 3.8) is 0 Å². The van der Waals surface area contributed by atoms with Crippen LogP contribution < -0.4 is 20.3 Å². The number of nitrogens with one attached hydrogen (secondary N) is 1. The molecule has 10 heteroatoms. The highest BCUT2D eigenvalue weighted by molar-refractivity contribution is 5.85. The minimum Gasteiger partial charge on any atom is -0.488 e. The summed E-state index contributed by atoms with van der Waals surface area (Å²) >= 11 is 0. The summed E-state index contributed by atoms with van der Waals surface area (Å²) in [4.78, 5) is 39.6. The van der Waals surface area contributed by atoms with Crippen LogP contribution in [-0.4, -0.2) is 28.2 Å². The second-order valence-corrected chi connectivity index (χ2v) is 10.8. The first-order chi connectivity index (χ1) is 20.6. The van der Waals surface area contributed by atoms with E-state index in [1.165, 1.54) is 30.5 Å². The Bertz CT molecular complexity index is 1850. The largest absolute Gasteiger partial charge is 0.488 e. The summed E-state index contributed by atoms with van der Waals surface area (Å²) in [7, 11) is 0. The number of hydrogen-bond donors (Lipinski definition) is 2. The molecule has 2 atom stereocenters. The lowest BCUT2D eigenvalue weighted by molar-refractivity contribution is -0.137. The molecule has 43 heavy (non-hydrogen) atoms. The quantitative estimate of drug-likeness (QED) is 0.344. The smallest absolute Gasteiger partial charge is 0.305 e. The maximum atomic E-state index is 15.8. The zero-order chi connectivity index (χ0) is 30.4. The van der Waals surface area contributed by atoms with Crippen LogP contribution >= 0.6 is 0 Å². The number of halogens is 2. The van der Waals surface area contributed by atoms with Gasteiger partial charge in [-0.05, 0) is 72.5 Å². The first-order valence-electron chi connectivity index (χ1n) is 13.8. The monoisotopic (exact) mass is 586 g/mol. The number of carbonyl (C=O) groups excluding carboxylic acids is 1. The summed E-state index contributed by atoms with van der Waals surface area (Å²) in [6.45, 7) is 3.73. The zero-order valence-electron chi connectivity index (χ0n) is 23.4. The van der Waals surface area contributed by atoms with Crippen molar-refractivity contribution in [3.8, 4) is 22.6 Å². The predicted molar refractivity (Wildman–Crippen MR) is 153 cm³/mol. The summed E-state index contributed by atoms with van der Waals surface area (Å²) in [5.74, 6) is -3.08. The molecule has 8 nitrogen and oxygen atoms in total. The molecular formula is C33H28F2N2O6. The van der Waals surface area contributed by atoms with Crippen LogP contribution in [0.1, 0.15) is 51.9 Å². The first kappa shape index (κ1) is 28.1. The third kappa shape index (κ3) is 5.13. The van der Waals surface area contributed by atoms with E-state index in [1.54, 1.807) is 25.1 Å². The molecule has 220 valence electrons. The molecule has 0 radical (unpaired) electrons. The van der Waals surface area contributed by atoms with E-state index >= 15 is 8.78 Å². The van der Waals surface area contributed by atoms with Gasteiger partial charge in [-0.3, -0.25) is 19.0 Å². The van der Waals surface area contributed by atoms with Gasteiger partial charge in [-0.1, -0.05) is 18.2 Å². The number of carbonyl (C=O) groups is 2. The third-order valence-electron chi connectivity index (χ3n) is 7.93. The normalized spacial score (nSPS) is 17.5. The van der Waals surface area contributed by atoms with E-state index in [-0.39, 0.29) is 29.0 Å². The van der Waals surface area contributed by atoms with E-state index in [9.17, 15) is 19.5 Å². The number of aliphatic carboxylic acids is 1. The number of fused-ring (bicyclic) bond motifs is 7. The standard InChI is InChI=1S/C33H28F2N2O6/c1-17-4-3-5-26-28(17)21-12-18(2)29(35)23(14-21)25(15-27(38)39)36-32(40)30(22-13-19(16-43-26)6-7-24(22)34)37-10-8-20-9-11-42-31(20)33(37)41/h3-8,10,12-14,25,30H,9,11,15-16H2,1-2H3,(H,36,40)(H,38,39)/t25-,30+/m0/s1. The number of benzene rings is 3. The summed E-state index contributed by atoms with van der Waals surface area (Å²) in [5.41, 5.74) is 2.67. The molecule has 0 aliphatic carbocycles. The maximum Gasteiger partial charge on any atom is 0.305 e. The Kier molecular flexibility index (Phi) is 7.21. The van der Waals surface area contributed by atoms with Crippen molar-refractivity contribution in [2.24, 2.45) is 0 Å². The molecule has 1 aromatic heterocycles. The first-order valence-corrected chi connectivity index (χ1v) is 13.8. The lowest BCUT2D eigenvalue weighted by Gasteiger charge is -2.26. The van der Waals surface area contributed by atoms with Gasteiger partial charge in [0.15, 0.2) is 5.75 Å². The van der Waals surface area contributed by atoms with Gasteiger partial charge in [0, 0.05) is 34.9 Å². The molecule has 6 rings (SSSR count). The van der Waals surface area contributed by atoms with Gasteiger partial charge in [-0.15, -0.1) is 0 Å². The van der Waals surface area contributed by atoms with Crippen molar-refractivity contribution in [1.29, 1.82) is 0 Å². The van der Waals surface area contributed by atoms with Gasteiger partial charge in [-0.25, -0.2) is 8.78 Å². The molecule has 0 spiro atoms.